The molecule has 25 heavy (non-hydrogen) atoms. The third-order valence-corrected chi connectivity index (χ3v) is 3.54. The minimum Gasteiger partial charge on any atom is -0.497 e. The zero-order valence-corrected chi connectivity index (χ0v) is 13.9. The number of carboxylic acid groups (broad SMARTS) is 1. The summed E-state index contributed by atoms with van der Waals surface area (Å²) in [4.78, 5) is 10.8. The van der Waals surface area contributed by atoms with E-state index in [9.17, 15) is 10.1 Å². The van der Waals surface area contributed by atoms with Crippen molar-refractivity contribution in [1.29, 1.82) is 5.26 Å². The van der Waals surface area contributed by atoms with Crippen LogP contribution in [0.5, 0.6) is 11.5 Å². The summed E-state index contributed by atoms with van der Waals surface area (Å²) in [5.74, 6) is 0.270. The van der Waals surface area contributed by atoms with E-state index in [-0.39, 0.29) is 5.57 Å². The zero-order valence-electron chi connectivity index (χ0n) is 13.9. The predicted octanol–water partition coefficient (Wildman–Crippen LogP) is 3.67. The Labute approximate surface area is 146 Å². The van der Waals surface area contributed by atoms with Crippen LogP contribution in [-0.2, 0) is 4.79 Å². The van der Waals surface area contributed by atoms with E-state index in [2.05, 4.69) is 6.07 Å². The van der Waals surface area contributed by atoms with E-state index in [1.807, 2.05) is 24.3 Å². The fourth-order valence-corrected chi connectivity index (χ4v) is 2.32. The second kappa shape index (κ2) is 8.37. The quantitative estimate of drug-likeness (QED) is 0.495. The van der Waals surface area contributed by atoms with E-state index in [1.54, 1.807) is 38.5 Å². The Bertz CT molecular complexity index is 791. The van der Waals surface area contributed by atoms with Crippen LogP contribution in [0, 0.1) is 11.3 Å². The standard InChI is InChI=1S/C20H17NO4/c1-24-17-8-3-14(4-9-17)20(16(13-21)7-12-19(22)23)15-5-10-18(25-2)11-6-15/h3-12H,1-2H3,(H,22,23). The summed E-state index contributed by atoms with van der Waals surface area (Å²) in [6.45, 7) is 0. The van der Waals surface area contributed by atoms with Gasteiger partial charge in [-0.1, -0.05) is 24.3 Å². The van der Waals surface area contributed by atoms with Crippen molar-refractivity contribution in [3.05, 3.63) is 77.4 Å². The van der Waals surface area contributed by atoms with Gasteiger partial charge in [0.1, 0.15) is 11.5 Å². The Balaban J connectivity index is 2.64. The first-order valence-corrected chi connectivity index (χ1v) is 7.43. The maximum absolute atomic E-state index is 10.8. The number of ether oxygens (including phenoxy) is 2. The van der Waals surface area contributed by atoms with Crippen LogP contribution in [0.3, 0.4) is 0 Å². The number of nitriles is 1. The molecule has 0 bridgehead atoms. The second-order valence-electron chi connectivity index (χ2n) is 5.03. The van der Waals surface area contributed by atoms with Crippen LogP contribution >= 0.6 is 0 Å². The molecular formula is C20H17NO4. The summed E-state index contributed by atoms with van der Waals surface area (Å²) in [5.41, 5.74) is 2.43. The lowest BCUT2D eigenvalue weighted by Crippen LogP contribution is -1.95. The van der Waals surface area contributed by atoms with E-state index < -0.39 is 5.97 Å². The van der Waals surface area contributed by atoms with Crippen LogP contribution in [0.15, 0.2) is 66.3 Å². The van der Waals surface area contributed by atoms with Crippen LogP contribution in [0.25, 0.3) is 5.57 Å². The summed E-state index contributed by atoms with van der Waals surface area (Å²) < 4.78 is 10.3. The highest BCUT2D eigenvalue weighted by molar-refractivity contribution is 5.88. The monoisotopic (exact) mass is 335 g/mol. The van der Waals surface area contributed by atoms with Gasteiger partial charge in [0.15, 0.2) is 0 Å². The van der Waals surface area contributed by atoms with Crippen molar-refractivity contribution in [1.82, 2.24) is 0 Å². The molecule has 0 amide bonds. The molecule has 0 aromatic heterocycles. The SMILES string of the molecule is COc1ccc(C(=C(C#N)C=CC(=O)O)c2ccc(OC)cc2)cc1. The third-order valence-electron chi connectivity index (χ3n) is 3.54. The summed E-state index contributed by atoms with van der Waals surface area (Å²) >= 11 is 0. The van der Waals surface area contributed by atoms with Gasteiger partial charge in [-0.05, 0) is 41.5 Å². The van der Waals surface area contributed by atoms with Crippen LogP contribution in [0.2, 0.25) is 0 Å². The number of allylic oxidation sites excluding steroid dienone is 2. The molecule has 0 aliphatic carbocycles. The van der Waals surface area contributed by atoms with Gasteiger partial charge < -0.3 is 14.6 Å². The van der Waals surface area contributed by atoms with Gasteiger partial charge in [-0.15, -0.1) is 0 Å². The van der Waals surface area contributed by atoms with Gasteiger partial charge in [-0.3, -0.25) is 0 Å². The number of carbonyl (C=O) groups is 1. The molecule has 0 atom stereocenters. The minimum atomic E-state index is -1.11. The molecule has 5 heteroatoms. The molecular weight excluding hydrogens is 318 g/mol. The highest BCUT2D eigenvalue weighted by Crippen LogP contribution is 2.30. The van der Waals surface area contributed by atoms with Crippen molar-refractivity contribution in [2.45, 2.75) is 0 Å². The number of hydrogen-bond acceptors (Lipinski definition) is 4. The van der Waals surface area contributed by atoms with Crippen molar-refractivity contribution >= 4 is 11.5 Å². The van der Waals surface area contributed by atoms with Crippen molar-refractivity contribution in [2.24, 2.45) is 0 Å². The summed E-state index contributed by atoms with van der Waals surface area (Å²) in [7, 11) is 3.15. The summed E-state index contributed by atoms with van der Waals surface area (Å²) in [6.07, 6.45) is 2.25. The van der Waals surface area contributed by atoms with Crippen molar-refractivity contribution in [3.8, 4) is 17.6 Å². The van der Waals surface area contributed by atoms with E-state index in [1.165, 1.54) is 6.08 Å². The molecule has 0 saturated heterocycles. The van der Waals surface area contributed by atoms with Gasteiger partial charge >= 0.3 is 5.97 Å². The van der Waals surface area contributed by atoms with Crippen molar-refractivity contribution in [2.75, 3.05) is 14.2 Å². The molecule has 0 saturated carbocycles. The Morgan fingerprint density at radius 3 is 1.68 bits per heavy atom. The average Bonchev–Trinajstić information content (AvgIpc) is 2.65. The lowest BCUT2D eigenvalue weighted by Gasteiger charge is -2.11. The van der Waals surface area contributed by atoms with E-state index in [0.717, 1.165) is 17.2 Å². The molecule has 0 fully saturated rings. The van der Waals surface area contributed by atoms with Crippen molar-refractivity contribution < 1.29 is 19.4 Å². The van der Waals surface area contributed by atoms with Crippen LogP contribution in [0.4, 0.5) is 0 Å². The highest BCUT2D eigenvalue weighted by Gasteiger charge is 2.11. The first kappa shape index (κ1) is 17.8. The van der Waals surface area contributed by atoms with Crippen molar-refractivity contribution in [3.63, 3.8) is 0 Å². The average molecular weight is 335 g/mol. The van der Waals surface area contributed by atoms with Gasteiger partial charge in [0.2, 0.25) is 0 Å². The lowest BCUT2D eigenvalue weighted by molar-refractivity contribution is -0.131. The van der Waals surface area contributed by atoms with E-state index >= 15 is 0 Å². The first-order valence-electron chi connectivity index (χ1n) is 7.43. The lowest BCUT2D eigenvalue weighted by atomic mass is 9.93. The minimum absolute atomic E-state index is 0.248. The Morgan fingerprint density at radius 2 is 1.36 bits per heavy atom. The maximum Gasteiger partial charge on any atom is 0.328 e. The number of nitrogens with zero attached hydrogens (tertiary/aromatic N) is 1. The molecule has 0 aliphatic rings. The number of hydrogen-bond donors (Lipinski definition) is 1. The normalized spacial score (nSPS) is 10.1. The Kier molecular flexibility index (Phi) is 5.97. The molecule has 0 radical (unpaired) electrons. The predicted molar refractivity (Wildman–Crippen MR) is 94.4 cm³/mol. The largest absolute Gasteiger partial charge is 0.497 e. The molecule has 2 aromatic rings. The molecule has 0 unspecified atom stereocenters. The molecule has 2 rings (SSSR count). The number of carboxylic acids is 1. The number of methoxy groups -OCH3 is 2. The highest BCUT2D eigenvalue weighted by atomic mass is 16.5. The topological polar surface area (TPSA) is 79.5 Å². The van der Waals surface area contributed by atoms with Gasteiger partial charge in [0, 0.05) is 11.6 Å². The smallest absolute Gasteiger partial charge is 0.328 e. The fourth-order valence-electron chi connectivity index (χ4n) is 2.32. The summed E-state index contributed by atoms with van der Waals surface area (Å²) in [6, 6.07) is 16.5. The van der Waals surface area contributed by atoms with Gasteiger partial charge in [0.25, 0.3) is 0 Å². The molecule has 5 nitrogen and oxygen atoms in total. The fraction of sp³-hybridized carbons (Fsp3) is 0.100. The second-order valence-corrected chi connectivity index (χ2v) is 5.03. The summed E-state index contributed by atoms with van der Waals surface area (Å²) in [5, 5.41) is 18.4. The first-order chi connectivity index (χ1) is 12.1. The maximum atomic E-state index is 10.8. The molecule has 0 heterocycles. The zero-order chi connectivity index (χ0) is 18.2. The molecule has 0 aliphatic heterocycles. The van der Waals surface area contributed by atoms with Gasteiger partial charge in [-0.25, -0.2) is 4.79 Å². The third kappa shape index (κ3) is 4.49. The molecule has 0 spiro atoms. The molecule has 1 N–H and O–H groups in total. The van der Waals surface area contributed by atoms with Crippen LogP contribution in [-0.4, -0.2) is 25.3 Å². The Hall–Kier alpha value is -3.52. The van der Waals surface area contributed by atoms with E-state index in [0.29, 0.717) is 17.1 Å². The number of rotatable bonds is 6. The van der Waals surface area contributed by atoms with Gasteiger partial charge in [0.05, 0.1) is 25.9 Å². The van der Waals surface area contributed by atoms with Crippen LogP contribution in [0.1, 0.15) is 11.1 Å². The number of benzene rings is 2. The van der Waals surface area contributed by atoms with Gasteiger partial charge in [-0.2, -0.15) is 5.26 Å². The van der Waals surface area contributed by atoms with Crippen LogP contribution < -0.4 is 9.47 Å². The Morgan fingerprint density at radius 1 is 0.920 bits per heavy atom. The number of aliphatic carboxylic acids is 1. The molecule has 126 valence electrons. The molecule has 2 aromatic carbocycles. The van der Waals surface area contributed by atoms with E-state index in [4.69, 9.17) is 14.6 Å².